The first-order valence-corrected chi connectivity index (χ1v) is 10.8. The van der Waals surface area contributed by atoms with Crippen molar-refractivity contribution in [1.82, 2.24) is 4.90 Å². The number of piperidine rings is 1. The molecule has 0 aliphatic carbocycles. The van der Waals surface area contributed by atoms with Gasteiger partial charge in [-0.15, -0.1) is 0 Å². The molecule has 0 radical (unpaired) electrons. The van der Waals surface area contributed by atoms with Gasteiger partial charge in [0.05, 0.1) is 0 Å². The van der Waals surface area contributed by atoms with E-state index in [0.717, 1.165) is 50.9 Å². The van der Waals surface area contributed by atoms with Crippen molar-refractivity contribution in [3.05, 3.63) is 54.1 Å². The molecule has 2 aromatic rings. The van der Waals surface area contributed by atoms with Gasteiger partial charge >= 0.3 is 6.03 Å². The van der Waals surface area contributed by atoms with Crippen molar-refractivity contribution in [2.75, 3.05) is 54.4 Å². The minimum absolute atomic E-state index is 0.00607. The summed E-state index contributed by atoms with van der Waals surface area (Å²) in [4.78, 5) is 19.4. The number of piperazine rings is 1. The van der Waals surface area contributed by atoms with Crippen molar-refractivity contribution >= 4 is 23.1 Å². The number of urea groups is 1. The number of hydrogen-bond donors (Lipinski definition) is 1. The van der Waals surface area contributed by atoms with Crippen LogP contribution in [-0.4, -0.2) is 50.2 Å². The van der Waals surface area contributed by atoms with E-state index in [1.54, 1.807) is 0 Å². The molecular formula is C24H32N4O. The van der Waals surface area contributed by atoms with E-state index < -0.39 is 0 Å². The lowest BCUT2D eigenvalue weighted by Gasteiger charge is -2.36. The fraction of sp³-hybridized carbons (Fsp3) is 0.458. The number of anilines is 3. The molecule has 5 nitrogen and oxygen atoms in total. The quantitative estimate of drug-likeness (QED) is 0.831. The summed E-state index contributed by atoms with van der Waals surface area (Å²) >= 11 is 0. The summed E-state index contributed by atoms with van der Waals surface area (Å²) in [5.41, 5.74) is 4.63. The number of hydrogen-bond acceptors (Lipinski definition) is 3. The Morgan fingerprint density at radius 2 is 1.52 bits per heavy atom. The second-order valence-electron chi connectivity index (χ2n) is 8.46. The zero-order chi connectivity index (χ0) is 20.2. The lowest BCUT2D eigenvalue weighted by molar-refractivity contribution is 0.208. The Bertz CT molecular complexity index is 819. The molecule has 2 fully saturated rings. The van der Waals surface area contributed by atoms with Crippen LogP contribution in [0, 0.1) is 12.8 Å². The molecule has 4 rings (SSSR count). The average Bonchev–Trinajstić information content (AvgIpc) is 2.75. The number of carbonyl (C=O) groups excluding carboxylic acids is 1. The first-order chi connectivity index (χ1) is 14.1. The summed E-state index contributed by atoms with van der Waals surface area (Å²) in [7, 11) is 0. The second kappa shape index (κ2) is 8.76. The van der Waals surface area contributed by atoms with Crippen molar-refractivity contribution in [1.29, 1.82) is 0 Å². The molecule has 0 spiro atoms. The van der Waals surface area contributed by atoms with Crippen LogP contribution in [0.4, 0.5) is 21.9 Å². The molecular weight excluding hydrogens is 360 g/mol. The number of amides is 2. The number of nitrogens with one attached hydrogen (secondary N) is 1. The van der Waals surface area contributed by atoms with Gasteiger partial charge in [0.15, 0.2) is 0 Å². The van der Waals surface area contributed by atoms with Gasteiger partial charge in [0.25, 0.3) is 0 Å². The van der Waals surface area contributed by atoms with Crippen molar-refractivity contribution in [2.45, 2.75) is 26.7 Å². The van der Waals surface area contributed by atoms with E-state index in [1.807, 2.05) is 17.0 Å². The summed E-state index contributed by atoms with van der Waals surface area (Å²) in [6.45, 7) is 9.90. The Hall–Kier alpha value is -2.69. The Morgan fingerprint density at radius 3 is 2.17 bits per heavy atom. The summed E-state index contributed by atoms with van der Waals surface area (Å²) in [5.74, 6) is 0.830. The van der Waals surface area contributed by atoms with Gasteiger partial charge in [-0.1, -0.05) is 19.1 Å². The van der Waals surface area contributed by atoms with Crippen LogP contribution in [0.1, 0.15) is 25.3 Å². The minimum atomic E-state index is -0.00607. The normalized spacial score (nSPS) is 18.1. The smallest absolute Gasteiger partial charge is 0.321 e. The van der Waals surface area contributed by atoms with Gasteiger partial charge in [0.1, 0.15) is 0 Å². The predicted molar refractivity (Wildman–Crippen MR) is 121 cm³/mol. The maximum Gasteiger partial charge on any atom is 0.321 e. The predicted octanol–water partition coefficient (Wildman–Crippen LogP) is 4.59. The molecule has 2 heterocycles. The Balaban J connectivity index is 1.28. The van der Waals surface area contributed by atoms with E-state index in [2.05, 4.69) is 65.4 Å². The van der Waals surface area contributed by atoms with Crippen LogP contribution in [0.15, 0.2) is 48.5 Å². The number of benzene rings is 2. The highest BCUT2D eigenvalue weighted by atomic mass is 16.2. The molecule has 0 aromatic heterocycles. The molecule has 2 saturated heterocycles. The van der Waals surface area contributed by atoms with Gasteiger partial charge in [0.2, 0.25) is 0 Å². The van der Waals surface area contributed by atoms with Crippen LogP contribution in [-0.2, 0) is 0 Å². The lowest BCUT2D eigenvalue weighted by Crippen LogP contribution is -2.50. The molecule has 2 aromatic carbocycles. The van der Waals surface area contributed by atoms with Crippen LogP contribution < -0.4 is 15.1 Å². The van der Waals surface area contributed by atoms with E-state index in [-0.39, 0.29) is 6.03 Å². The summed E-state index contributed by atoms with van der Waals surface area (Å²) in [6.07, 6.45) is 2.51. The van der Waals surface area contributed by atoms with Crippen LogP contribution in [0.5, 0.6) is 0 Å². The van der Waals surface area contributed by atoms with Crippen LogP contribution in [0.25, 0.3) is 0 Å². The van der Waals surface area contributed by atoms with Gasteiger partial charge < -0.3 is 20.0 Å². The van der Waals surface area contributed by atoms with E-state index in [4.69, 9.17) is 0 Å². The highest BCUT2D eigenvalue weighted by Gasteiger charge is 2.21. The standard InChI is InChI=1S/C24H32N4O/c1-19-10-12-26(13-11-19)22-8-6-21(7-9-22)25-24(29)28-16-14-27(15-17-28)23-5-3-4-20(2)18-23/h3-9,18-19H,10-17H2,1-2H3,(H,25,29). The number of rotatable bonds is 3. The molecule has 0 atom stereocenters. The summed E-state index contributed by atoms with van der Waals surface area (Å²) in [6, 6.07) is 16.9. The molecule has 1 N–H and O–H groups in total. The first kappa shape index (κ1) is 19.6. The third-order valence-electron chi connectivity index (χ3n) is 6.20. The molecule has 2 aliphatic heterocycles. The van der Waals surface area contributed by atoms with Crippen LogP contribution >= 0.6 is 0 Å². The molecule has 2 aliphatic rings. The minimum Gasteiger partial charge on any atom is -0.372 e. The Morgan fingerprint density at radius 1 is 0.862 bits per heavy atom. The molecule has 0 saturated carbocycles. The second-order valence-corrected chi connectivity index (χ2v) is 8.46. The summed E-state index contributed by atoms with van der Waals surface area (Å²) in [5, 5.41) is 3.06. The monoisotopic (exact) mass is 392 g/mol. The Labute approximate surface area is 174 Å². The lowest BCUT2D eigenvalue weighted by atomic mass is 9.99. The van der Waals surface area contributed by atoms with Gasteiger partial charge in [-0.05, 0) is 67.6 Å². The highest BCUT2D eigenvalue weighted by Crippen LogP contribution is 2.24. The average molecular weight is 393 g/mol. The van der Waals surface area contributed by atoms with Gasteiger partial charge in [-0.2, -0.15) is 0 Å². The van der Waals surface area contributed by atoms with Crippen molar-refractivity contribution in [2.24, 2.45) is 5.92 Å². The fourth-order valence-corrected chi connectivity index (χ4v) is 4.22. The molecule has 154 valence electrons. The molecule has 29 heavy (non-hydrogen) atoms. The van der Waals surface area contributed by atoms with E-state index in [0.29, 0.717) is 0 Å². The zero-order valence-electron chi connectivity index (χ0n) is 17.6. The molecule has 2 amide bonds. The maximum atomic E-state index is 12.7. The van der Waals surface area contributed by atoms with Gasteiger partial charge in [-0.3, -0.25) is 0 Å². The van der Waals surface area contributed by atoms with Gasteiger partial charge in [-0.25, -0.2) is 4.79 Å². The van der Waals surface area contributed by atoms with E-state index >= 15 is 0 Å². The third-order valence-corrected chi connectivity index (χ3v) is 6.20. The molecule has 0 bridgehead atoms. The van der Waals surface area contributed by atoms with Crippen molar-refractivity contribution < 1.29 is 4.79 Å². The topological polar surface area (TPSA) is 38.8 Å². The SMILES string of the molecule is Cc1cccc(N2CCN(C(=O)Nc3ccc(N4CCC(C)CC4)cc3)CC2)c1. The van der Waals surface area contributed by atoms with E-state index in [1.165, 1.54) is 29.8 Å². The van der Waals surface area contributed by atoms with Crippen LogP contribution in [0.3, 0.4) is 0 Å². The largest absolute Gasteiger partial charge is 0.372 e. The number of carbonyl (C=O) groups is 1. The fourth-order valence-electron chi connectivity index (χ4n) is 4.22. The third kappa shape index (κ3) is 4.84. The summed E-state index contributed by atoms with van der Waals surface area (Å²) < 4.78 is 0. The Kier molecular flexibility index (Phi) is 5.93. The van der Waals surface area contributed by atoms with Crippen LogP contribution in [0.2, 0.25) is 0 Å². The number of aryl methyl sites for hydroxylation is 1. The van der Waals surface area contributed by atoms with Crippen molar-refractivity contribution in [3.8, 4) is 0 Å². The molecule has 5 heteroatoms. The maximum absolute atomic E-state index is 12.7. The molecule has 0 unspecified atom stereocenters. The number of nitrogens with zero attached hydrogens (tertiary/aromatic N) is 3. The van der Waals surface area contributed by atoms with Gasteiger partial charge in [0, 0.05) is 56.3 Å². The van der Waals surface area contributed by atoms with Crippen molar-refractivity contribution in [3.63, 3.8) is 0 Å². The first-order valence-electron chi connectivity index (χ1n) is 10.8. The zero-order valence-corrected chi connectivity index (χ0v) is 17.6. The van der Waals surface area contributed by atoms with E-state index in [9.17, 15) is 4.79 Å². The highest BCUT2D eigenvalue weighted by molar-refractivity contribution is 5.89.